The number of nitrogens with zero attached hydrogens (tertiary/aromatic N) is 2. The Morgan fingerprint density at radius 2 is 2.03 bits per heavy atom. The van der Waals surface area contributed by atoms with Gasteiger partial charge in [0.15, 0.2) is 19.8 Å². The smallest absolute Gasteiger partial charge is 0.354 e. The standard InChI is InChI=1S/C21H28N2O5S2Si/c1-12(28-31(5,6)21(2,3)4)15-17(25)23-16(19(26)27)20(30-18(15)23)29-11-14(24)13-9-7-8-10-22-13/h7-10,12,15,18H,11H2,1-6H3,(H,26,27)/t12-,15+,18+/m0/s1. The normalized spacial score (nSPS) is 22.3. The van der Waals surface area contributed by atoms with Crippen molar-refractivity contribution in [2.45, 2.75) is 57.3 Å². The van der Waals surface area contributed by atoms with Gasteiger partial charge in [-0.15, -0.1) is 11.8 Å². The maximum Gasteiger partial charge on any atom is 0.354 e. The molecule has 31 heavy (non-hydrogen) atoms. The van der Waals surface area contributed by atoms with Gasteiger partial charge in [-0.05, 0) is 37.2 Å². The molecular formula is C21H28N2O5S2Si. The highest BCUT2D eigenvalue weighted by Crippen LogP contribution is 2.54. The summed E-state index contributed by atoms with van der Waals surface area (Å²) in [6.07, 6.45) is 1.24. The Morgan fingerprint density at radius 1 is 1.35 bits per heavy atom. The van der Waals surface area contributed by atoms with Crippen molar-refractivity contribution < 1.29 is 23.9 Å². The molecule has 1 amide bonds. The van der Waals surface area contributed by atoms with Gasteiger partial charge in [0.25, 0.3) is 0 Å². The number of carbonyl (C=O) groups excluding carboxylic acids is 2. The monoisotopic (exact) mass is 480 g/mol. The highest BCUT2D eigenvalue weighted by Gasteiger charge is 2.59. The molecule has 0 saturated carbocycles. The van der Waals surface area contributed by atoms with Crippen LogP contribution in [0.3, 0.4) is 0 Å². The third-order valence-corrected chi connectivity index (χ3v) is 13.3. The minimum absolute atomic E-state index is 0.00782. The molecule has 0 spiro atoms. The zero-order valence-corrected chi connectivity index (χ0v) is 21.2. The van der Waals surface area contributed by atoms with Crippen LogP contribution >= 0.6 is 23.5 Å². The fourth-order valence-electron chi connectivity index (χ4n) is 3.29. The third kappa shape index (κ3) is 4.62. The predicted molar refractivity (Wildman–Crippen MR) is 125 cm³/mol. The fraction of sp³-hybridized carbons (Fsp3) is 0.524. The summed E-state index contributed by atoms with van der Waals surface area (Å²) in [6, 6.07) is 5.09. The van der Waals surface area contributed by atoms with Crippen LogP contribution in [-0.2, 0) is 14.0 Å². The number of aliphatic carboxylic acids is 1. The van der Waals surface area contributed by atoms with E-state index in [0.717, 1.165) is 11.8 Å². The molecule has 0 radical (unpaired) electrons. The molecule has 2 aliphatic rings. The molecule has 3 heterocycles. The molecule has 0 aromatic carbocycles. The molecule has 3 rings (SSSR count). The number of amides is 1. The number of hydrogen-bond donors (Lipinski definition) is 1. The number of carbonyl (C=O) groups is 3. The molecule has 1 aromatic heterocycles. The number of thioether (sulfide) groups is 2. The van der Waals surface area contributed by atoms with Crippen molar-refractivity contribution in [2.24, 2.45) is 5.92 Å². The van der Waals surface area contributed by atoms with Crippen LogP contribution in [0.2, 0.25) is 18.1 Å². The lowest BCUT2D eigenvalue weighted by atomic mass is 9.92. The van der Waals surface area contributed by atoms with Crippen LogP contribution in [0.25, 0.3) is 0 Å². The Labute approximate surface area is 192 Å². The van der Waals surface area contributed by atoms with Crippen LogP contribution in [0, 0.1) is 5.92 Å². The number of pyridine rings is 1. The number of carboxylic acid groups (broad SMARTS) is 1. The molecule has 168 valence electrons. The van der Waals surface area contributed by atoms with Crippen molar-refractivity contribution in [3.63, 3.8) is 0 Å². The number of ketones is 1. The lowest BCUT2D eigenvalue weighted by molar-refractivity contribution is -0.156. The van der Waals surface area contributed by atoms with E-state index in [9.17, 15) is 19.5 Å². The Balaban J connectivity index is 1.72. The van der Waals surface area contributed by atoms with Gasteiger partial charge >= 0.3 is 5.97 Å². The first kappa shape index (κ1) is 24.0. The van der Waals surface area contributed by atoms with Crippen molar-refractivity contribution in [2.75, 3.05) is 5.75 Å². The van der Waals surface area contributed by atoms with Gasteiger partial charge in [0.05, 0.1) is 22.0 Å². The van der Waals surface area contributed by atoms with E-state index in [1.807, 2.05) is 6.92 Å². The van der Waals surface area contributed by atoms with Gasteiger partial charge in [-0.25, -0.2) is 4.79 Å². The quantitative estimate of drug-likeness (QED) is 0.336. The van der Waals surface area contributed by atoms with E-state index < -0.39 is 20.2 Å². The van der Waals surface area contributed by atoms with E-state index in [4.69, 9.17) is 4.43 Å². The molecule has 7 nitrogen and oxygen atoms in total. The van der Waals surface area contributed by atoms with Gasteiger partial charge in [0.1, 0.15) is 11.1 Å². The highest BCUT2D eigenvalue weighted by molar-refractivity contribution is 8.23. The number of hydrogen-bond acceptors (Lipinski definition) is 7. The average molecular weight is 481 g/mol. The lowest BCUT2D eigenvalue weighted by Gasteiger charge is -2.48. The fourth-order valence-corrected chi connectivity index (χ4v) is 7.51. The summed E-state index contributed by atoms with van der Waals surface area (Å²) in [5, 5.41) is 9.42. The van der Waals surface area contributed by atoms with Gasteiger partial charge in [0.2, 0.25) is 5.91 Å². The molecule has 0 unspecified atom stereocenters. The molecule has 0 bridgehead atoms. The molecule has 0 aliphatic carbocycles. The summed E-state index contributed by atoms with van der Waals surface area (Å²) in [5.74, 6) is -1.92. The second-order valence-electron chi connectivity index (χ2n) is 9.19. The predicted octanol–water partition coefficient (Wildman–Crippen LogP) is 4.19. The van der Waals surface area contributed by atoms with E-state index in [1.165, 1.54) is 16.7 Å². The summed E-state index contributed by atoms with van der Waals surface area (Å²) in [6.45, 7) is 12.6. The molecule has 10 heteroatoms. The second-order valence-corrected chi connectivity index (χ2v) is 16.3. The molecule has 1 N–H and O–H groups in total. The molecule has 1 aromatic rings. The first-order chi connectivity index (χ1) is 14.3. The van der Waals surface area contributed by atoms with E-state index in [1.54, 1.807) is 24.4 Å². The van der Waals surface area contributed by atoms with Crippen LogP contribution in [-0.4, -0.2) is 58.2 Å². The number of aromatic nitrogens is 1. The van der Waals surface area contributed by atoms with E-state index >= 15 is 0 Å². The zero-order chi connectivity index (χ0) is 23.1. The number of β-lactam (4-membered cyclic amide) rings is 1. The molecule has 1 fully saturated rings. The average Bonchev–Trinajstić information content (AvgIpc) is 3.00. The highest BCUT2D eigenvalue weighted by atomic mass is 32.2. The summed E-state index contributed by atoms with van der Waals surface area (Å²) >= 11 is 2.49. The van der Waals surface area contributed by atoms with Gasteiger partial charge in [-0.3, -0.25) is 19.5 Å². The molecule has 2 aliphatic heterocycles. The Hall–Kier alpha value is -1.62. The van der Waals surface area contributed by atoms with Crippen LogP contribution in [0.15, 0.2) is 34.3 Å². The van der Waals surface area contributed by atoms with Crippen LogP contribution < -0.4 is 0 Å². The Kier molecular flexibility index (Phi) is 6.76. The van der Waals surface area contributed by atoms with Crippen molar-refractivity contribution in [3.8, 4) is 0 Å². The van der Waals surface area contributed by atoms with Crippen LogP contribution in [0.4, 0.5) is 0 Å². The maximum atomic E-state index is 12.9. The molecular weight excluding hydrogens is 452 g/mol. The van der Waals surface area contributed by atoms with Crippen LogP contribution in [0.1, 0.15) is 38.2 Å². The maximum absolute atomic E-state index is 12.9. The van der Waals surface area contributed by atoms with Crippen molar-refractivity contribution >= 4 is 49.5 Å². The van der Waals surface area contributed by atoms with Crippen molar-refractivity contribution in [1.82, 2.24) is 9.88 Å². The summed E-state index contributed by atoms with van der Waals surface area (Å²) in [7, 11) is -2.08. The minimum Gasteiger partial charge on any atom is -0.477 e. The Morgan fingerprint density at radius 3 is 2.58 bits per heavy atom. The van der Waals surface area contributed by atoms with Crippen molar-refractivity contribution in [1.29, 1.82) is 0 Å². The van der Waals surface area contributed by atoms with Gasteiger partial charge in [-0.1, -0.05) is 38.6 Å². The summed E-state index contributed by atoms with van der Waals surface area (Å²) in [4.78, 5) is 42.6. The number of fused-ring (bicyclic) bond motifs is 1. The molecule has 3 atom stereocenters. The molecule has 1 saturated heterocycles. The minimum atomic E-state index is -2.08. The summed E-state index contributed by atoms with van der Waals surface area (Å²) < 4.78 is 6.90. The van der Waals surface area contributed by atoms with Gasteiger partial charge in [-0.2, -0.15) is 0 Å². The summed E-state index contributed by atoms with van der Waals surface area (Å²) in [5.41, 5.74) is 0.304. The topological polar surface area (TPSA) is 96.8 Å². The van der Waals surface area contributed by atoms with Gasteiger partial charge in [0, 0.05) is 6.20 Å². The number of Topliss-reactive ketones (excluding diaryl/α,β-unsaturated/α-hetero) is 1. The number of rotatable bonds is 8. The third-order valence-electron chi connectivity index (χ3n) is 6.03. The van der Waals surface area contributed by atoms with Crippen molar-refractivity contribution in [3.05, 3.63) is 40.0 Å². The van der Waals surface area contributed by atoms with E-state index in [0.29, 0.717) is 9.93 Å². The van der Waals surface area contributed by atoms with E-state index in [2.05, 4.69) is 38.8 Å². The Bertz CT molecular complexity index is 929. The lowest BCUT2D eigenvalue weighted by Crippen LogP contribution is -2.62. The van der Waals surface area contributed by atoms with E-state index in [-0.39, 0.29) is 39.7 Å². The SMILES string of the molecule is C[C@H](O[Si](C)(C)C(C)(C)C)[C@@H]1C(=O)N2C(C(=O)O)=C(SCC(=O)c3ccccn3)S[C@H]12. The first-order valence-electron chi connectivity index (χ1n) is 10.1. The first-order valence-corrected chi connectivity index (χ1v) is 14.8. The largest absolute Gasteiger partial charge is 0.477 e. The van der Waals surface area contributed by atoms with Crippen LogP contribution in [0.5, 0.6) is 0 Å². The number of carboxylic acids is 1. The zero-order valence-electron chi connectivity index (χ0n) is 18.5. The van der Waals surface area contributed by atoms with Gasteiger partial charge < -0.3 is 9.53 Å². The second kappa shape index (κ2) is 8.72.